The van der Waals surface area contributed by atoms with Gasteiger partial charge in [-0.15, -0.1) is 0 Å². The van der Waals surface area contributed by atoms with Crippen molar-refractivity contribution in [1.29, 1.82) is 0 Å². The molecule has 1 fully saturated rings. The molecule has 122 valence electrons. The summed E-state index contributed by atoms with van der Waals surface area (Å²) in [6, 6.07) is 10.5. The second kappa shape index (κ2) is 7.47. The summed E-state index contributed by atoms with van der Waals surface area (Å²) in [5, 5.41) is 0. The number of furan rings is 1. The molecule has 0 N–H and O–H groups in total. The lowest BCUT2D eigenvalue weighted by molar-refractivity contribution is -0.149. The summed E-state index contributed by atoms with van der Waals surface area (Å²) in [5.74, 6) is 0.0394. The van der Waals surface area contributed by atoms with Gasteiger partial charge < -0.3 is 9.15 Å². The number of esters is 1. The summed E-state index contributed by atoms with van der Waals surface area (Å²) < 4.78 is 10.3. The lowest BCUT2D eigenvalue weighted by Crippen LogP contribution is -2.36. The molecule has 1 saturated heterocycles. The molecular formula is C19H23NO3. The molecule has 0 saturated carbocycles. The Balaban J connectivity index is 1.57. The van der Waals surface area contributed by atoms with Crippen molar-refractivity contribution in [3.63, 3.8) is 0 Å². The third-order valence-corrected chi connectivity index (χ3v) is 4.40. The van der Waals surface area contributed by atoms with Crippen LogP contribution in [0.3, 0.4) is 0 Å². The number of nitrogens with zero attached hydrogens (tertiary/aromatic N) is 1. The first-order chi connectivity index (χ1) is 11.3. The van der Waals surface area contributed by atoms with Crippen LogP contribution in [0.1, 0.15) is 25.3 Å². The Morgan fingerprint density at radius 2 is 2.09 bits per heavy atom. The molecule has 0 atom stereocenters. The fourth-order valence-electron chi connectivity index (χ4n) is 3.12. The quantitative estimate of drug-likeness (QED) is 0.789. The van der Waals surface area contributed by atoms with Gasteiger partial charge >= 0.3 is 5.97 Å². The minimum absolute atomic E-state index is 0.0332. The number of rotatable bonds is 5. The topological polar surface area (TPSA) is 42.7 Å². The molecule has 0 spiro atoms. The molecule has 0 radical (unpaired) electrons. The first-order valence-corrected chi connectivity index (χ1v) is 8.26. The number of likely N-dealkylation sites (tertiary alicyclic amines) is 1. The van der Waals surface area contributed by atoms with Crippen molar-refractivity contribution < 1.29 is 13.9 Å². The number of piperidine rings is 1. The van der Waals surface area contributed by atoms with E-state index >= 15 is 0 Å². The third-order valence-electron chi connectivity index (χ3n) is 4.40. The second-order valence-electron chi connectivity index (χ2n) is 6.01. The minimum atomic E-state index is -0.0332. The van der Waals surface area contributed by atoms with Gasteiger partial charge in [0.25, 0.3) is 0 Å². The fraction of sp³-hybridized carbons (Fsp3) is 0.421. The van der Waals surface area contributed by atoms with Crippen molar-refractivity contribution in [2.24, 2.45) is 5.92 Å². The summed E-state index contributed by atoms with van der Waals surface area (Å²) in [7, 11) is 0. The highest BCUT2D eigenvalue weighted by Gasteiger charge is 2.25. The number of carbonyl (C=O) groups excluding carboxylic acids is 1. The lowest BCUT2D eigenvalue weighted by atomic mass is 9.96. The molecule has 23 heavy (non-hydrogen) atoms. The van der Waals surface area contributed by atoms with Gasteiger partial charge in [0.05, 0.1) is 25.1 Å². The number of carbonyl (C=O) groups is 1. The van der Waals surface area contributed by atoms with Crippen LogP contribution in [0.15, 0.2) is 47.3 Å². The molecule has 4 heteroatoms. The van der Waals surface area contributed by atoms with E-state index in [0.29, 0.717) is 6.61 Å². The molecule has 4 nitrogen and oxygen atoms in total. The maximum atomic E-state index is 11.8. The van der Waals surface area contributed by atoms with Crippen LogP contribution >= 0.6 is 0 Å². The van der Waals surface area contributed by atoms with Crippen LogP contribution in [-0.2, 0) is 16.1 Å². The molecule has 0 bridgehead atoms. The van der Waals surface area contributed by atoms with Gasteiger partial charge in [0.15, 0.2) is 0 Å². The minimum Gasteiger partial charge on any atom is -0.472 e. The van der Waals surface area contributed by atoms with Crippen molar-refractivity contribution >= 4 is 5.97 Å². The Hall–Kier alpha value is -2.07. The predicted molar refractivity (Wildman–Crippen MR) is 88.8 cm³/mol. The summed E-state index contributed by atoms with van der Waals surface area (Å²) >= 11 is 0. The van der Waals surface area contributed by atoms with Crippen LogP contribution in [0, 0.1) is 5.92 Å². The van der Waals surface area contributed by atoms with E-state index in [2.05, 4.69) is 29.2 Å². The highest BCUT2D eigenvalue weighted by Crippen LogP contribution is 2.23. The number of hydrogen-bond donors (Lipinski definition) is 0. The summed E-state index contributed by atoms with van der Waals surface area (Å²) in [5.41, 5.74) is 3.57. The standard InChI is InChI=1S/C19H23NO3/c1-2-23-19(21)16-6-9-20(10-7-16)13-15-4-3-5-17(12-15)18-8-11-22-14-18/h3-5,8,11-12,14,16H,2,6-7,9-10,13H2,1H3. The smallest absolute Gasteiger partial charge is 0.309 e. The molecule has 3 rings (SSSR count). The van der Waals surface area contributed by atoms with Gasteiger partial charge in [0, 0.05) is 12.1 Å². The number of benzene rings is 1. The third kappa shape index (κ3) is 4.02. The monoisotopic (exact) mass is 313 g/mol. The van der Waals surface area contributed by atoms with Gasteiger partial charge in [-0.05, 0) is 56.1 Å². The van der Waals surface area contributed by atoms with Gasteiger partial charge in [0.1, 0.15) is 0 Å². The van der Waals surface area contributed by atoms with E-state index in [1.54, 1.807) is 12.5 Å². The van der Waals surface area contributed by atoms with Crippen LogP contribution in [0.5, 0.6) is 0 Å². The van der Waals surface area contributed by atoms with Crippen LogP contribution in [0.25, 0.3) is 11.1 Å². The van der Waals surface area contributed by atoms with E-state index in [-0.39, 0.29) is 11.9 Å². The molecule has 1 aromatic heterocycles. The van der Waals surface area contributed by atoms with Gasteiger partial charge in [-0.1, -0.05) is 18.2 Å². The average Bonchev–Trinajstić information content (AvgIpc) is 3.11. The molecule has 1 aromatic carbocycles. The highest BCUT2D eigenvalue weighted by atomic mass is 16.5. The Morgan fingerprint density at radius 1 is 1.26 bits per heavy atom. The van der Waals surface area contributed by atoms with Crippen LogP contribution in [0.4, 0.5) is 0 Å². The first-order valence-electron chi connectivity index (χ1n) is 8.26. The number of hydrogen-bond acceptors (Lipinski definition) is 4. The zero-order valence-electron chi connectivity index (χ0n) is 13.5. The molecule has 0 aliphatic carbocycles. The molecule has 1 aliphatic heterocycles. The number of ether oxygens (including phenoxy) is 1. The Labute approximate surface area is 137 Å². The zero-order valence-corrected chi connectivity index (χ0v) is 13.5. The van der Waals surface area contributed by atoms with E-state index in [1.807, 2.05) is 13.0 Å². The van der Waals surface area contributed by atoms with Gasteiger partial charge in [-0.25, -0.2) is 0 Å². The van der Waals surface area contributed by atoms with Crippen molar-refractivity contribution in [3.05, 3.63) is 48.4 Å². The maximum Gasteiger partial charge on any atom is 0.309 e. The molecular weight excluding hydrogens is 290 g/mol. The van der Waals surface area contributed by atoms with Gasteiger partial charge in [-0.3, -0.25) is 9.69 Å². The molecule has 2 aromatic rings. The van der Waals surface area contributed by atoms with E-state index in [1.165, 1.54) is 11.1 Å². The maximum absolute atomic E-state index is 11.8. The lowest BCUT2D eigenvalue weighted by Gasteiger charge is -2.30. The van der Waals surface area contributed by atoms with Crippen molar-refractivity contribution in [3.8, 4) is 11.1 Å². The molecule has 0 amide bonds. The van der Waals surface area contributed by atoms with Crippen LogP contribution in [-0.4, -0.2) is 30.6 Å². The Morgan fingerprint density at radius 3 is 2.78 bits per heavy atom. The molecule has 1 aliphatic rings. The molecule has 0 unspecified atom stereocenters. The van der Waals surface area contributed by atoms with Crippen molar-refractivity contribution in [2.45, 2.75) is 26.3 Å². The van der Waals surface area contributed by atoms with E-state index in [4.69, 9.17) is 9.15 Å². The SMILES string of the molecule is CCOC(=O)C1CCN(Cc2cccc(-c3ccoc3)c2)CC1. The predicted octanol–water partition coefficient (Wildman–Crippen LogP) is 3.72. The van der Waals surface area contributed by atoms with E-state index < -0.39 is 0 Å². The fourth-order valence-corrected chi connectivity index (χ4v) is 3.12. The second-order valence-corrected chi connectivity index (χ2v) is 6.01. The summed E-state index contributed by atoms with van der Waals surface area (Å²) in [6.45, 7) is 5.14. The normalized spacial score (nSPS) is 16.4. The van der Waals surface area contributed by atoms with E-state index in [9.17, 15) is 4.79 Å². The molecule has 2 heterocycles. The van der Waals surface area contributed by atoms with Crippen LogP contribution in [0.2, 0.25) is 0 Å². The van der Waals surface area contributed by atoms with Crippen molar-refractivity contribution in [2.75, 3.05) is 19.7 Å². The Bertz CT molecular complexity index is 628. The van der Waals surface area contributed by atoms with Gasteiger partial charge in [-0.2, -0.15) is 0 Å². The Kier molecular flexibility index (Phi) is 5.13. The summed E-state index contributed by atoms with van der Waals surface area (Å²) in [4.78, 5) is 14.2. The zero-order chi connectivity index (χ0) is 16.1. The highest BCUT2D eigenvalue weighted by molar-refractivity contribution is 5.72. The average molecular weight is 313 g/mol. The summed E-state index contributed by atoms with van der Waals surface area (Å²) in [6.07, 6.45) is 5.24. The van der Waals surface area contributed by atoms with Crippen molar-refractivity contribution in [1.82, 2.24) is 4.90 Å². The van der Waals surface area contributed by atoms with Crippen LogP contribution < -0.4 is 0 Å². The van der Waals surface area contributed by atoms with Gasteiger partial charge in [0.2, 0.25) is 0 Å². The first kappa shape index (κ1) is 15.8. The van der Waals surface area contributed by atoms with E-state index in [0.717, 1.165) is 38.0 Å². The largest absolute Gasteiger partial charge is 0.472 e.